The quantitative estimate of drug-likeness (QED) is 0.0973. The van der Waals surface area contributed by atoms with Crippen LogP contribution < -0.4 is 16.0 Å². The minimum absolute atomic E-state index is 0.00104. The first-order chi connectivity index (χ1) is 49.9. The van der Waals surface area contributed by atoms with Crippen LogP contribution in [0.5, 0.6) is 0 Å². The van der Waals surface area contributed by atoms with Crippen molar-refractivity contribution in [1.29, 1.82) is 0 Å². The number of carbonyl (C=O) groups excluding carboxylic acids is 12. The number of unbranched alkanes of at least 4 members (excludes halogenated alkanes) is 1. The van der Waals surface area contributed by atoms with Gasteiger partial charge in [-0.05, 0) is 138 Å². The minimum Gasteiger partial charge on any atom is -0.343 e. The largest absolute Gasteiger partial charge is 0.393 e. The fourth-order valence-corrected chi connectivity index (χ4v) is 18.1. The molecule has 0 aromatic rings. The van der Waals surface area contributed by atoms with Crippen molar-refractivity contribution in [3.05, 3.63) is 0 Å². The number of amides is 12. The molecule has 24 nitrogen and oxygen atoms in total. The molecule has 28 heteroatoms. The van der Waals surface area contributed by atoms with Crippen LogP contribution in [0.25, 0.3) is 0 Å². The molecule has 7 fully saturated rings. The molecule has 0 bridgehead atoms. The van der Waals surface area contributed by atoms with Crippen molar-refractivity contribution in [1.82, 2.24) is 60.0 Å². The second-order valence-corrected chi connectivity index (χ2v) is 34.1. The van der Waals surface area contributed by atoms with Gasteiger partial charge in [0.1, 0.15) is 59.9 Å². The van der Waals surface area contributed by atoms with Gasteiger partial charge < -0.3 is 60.0 Å². The molecule has 4 saturated heterocycles. The maximum atomic E-state index is 15.5. The Morgan fingerprint density at radius 1 is 0.566 bits per heavy atom. The van der Waals surface area contributed by atoms with E-state index in [-0.39, 0.29) is 108 Å². The van der Waals surface area contributed by atoms with Crippen molar-refractivity contribution in [2.75, 3.05) is 75.0 Å². The van der Waals surface area contributed by atoms with Gasteiger partial charge in [0.25, 0.3) is 0 Å². The summed E-state index contributed by atoms with van der Waals surface area (Å²) >= 11 is 6.43. The highest BCUT2D eigenvalue weighted by molar-refractivity contribution is 6.21. The van der Waals surface area contributed by atoms with Crippen molar-refractivity contribution in [2.45, 2.75) is 307 Å². The molecule has 4 unspecified atom stereocenters. The monoisotopic (exact) mass is 1520 g/mol. The van der Waals surface area contributed by atoms with E-state index in [1.54, 1.807) is 18.7 Å². The first kappa shape index (κ1) is 87.0. The fourth-order valence-electron chi connectivity index (χ4n) is 17.6. The zero-order valence-electron chi connectivity index (χ0n) is 66.1. The maximum Gasteiger partial charge on any atom is 0.393 e. The van der Waals surface area contributed by atoms with Gasteiger partial charge in [0.05, 0.1) is 18.9 Å². The molecule has 4 heterocycles. The van der Waals surface area contributed by atoms with Gasteiger partial charge >= 0.3 is 6.18 Å². The first-order valence-electron chi connectivity index (χ1n) is 40.0. The summed E-state index contributed by atoms with van der Waals surface area (Å²) in [6.45, 7) is 15.6. The number of hydrogen-bond donors (Lipinski definition) is 3. The number of fused-ring (bicyclic) bond motifs is 2. The molecule has 3 N–H and O–H groups in total. The van der Waals surface area contributed by atoms with Crippen LogP contribution in [0.15, 0.2) is 0 Å². The standard InChI is InChI=1S/C78H128ClF3N12O12/c1-15-51(8)65-74(104)88(11)58(30-21-20-27-48(2)3)73(103)94-42-36-59(94)71(101)89(12)61(45-52-28-18-16-19-29-52)70(100)86(9)47-63(95)83-56(35-33-53-32-34-54(55(79)44-53)78(80,81)82)69(99)93-41-26-31-57(93)68(98)85-77(37-22-23-38-77)76(106)91(14)66(50(6)7)75(105)90(13)62(72(102)92-39-24-17-25-40-92)46-64(96)87(10)60(43-49(4)5)67(97)84-65/h48-62,65-66H,15-47H2,1-14H3,(H,83,95)(H,84,97)(H,85,98)/t51?,53?,54?,55?,56-,57-,58-,59-,60-,61-,62-,65-,66-/m0/s1. The Hall–Kier alpha value is -6.28. The van der Waals surface area contributed by atoms with Crippen LogP contribution in [0, 0.1) is 41.4 Å². The van der Waals surface area contributed by atoms with E-state index in [2.05, 4.69) is 29.8 Å². The van der Waals surface area contributed by atoms with E-state index in [1.807, 2.05) is 27.7 Å². The van der Waals surface area contributed by atoms with Gasteiger partial charge in [0.15, 0.2) is 0 Å². The predicted molar refractivity (Wildman–Crippen MR) is 398 cm³/mol. The Balaban J connectivity index is 1.30. The molecule has 13 atom stereocenters. The van der Waals surface area contributed by atoms with Crippen molar-refractivity contribution < 1.29 is 70.7 Å². The van der Waals surface area contributed by atoms with Gasteiger partial charge in [-0.1, -0.05) is 126 Å². The number of halogens is 4. The van der Waals surface area contributed by atoms with E-state index in [9.17, 15) is 18.0 Å². The Morgan fingerprint density at radius 2 is 1.20 bits per heavy atom. The molecule has 7 aliphatic rings. The number of carbonyl (C=O) groups is 12. The van der Waals surface area contributed by atoms with Crippen molar-refractivity contribution in [3.8, 4) is 0 Å². The van der Waals surface area contributed by atoms with Crippen LogP contribution in [-0.4, -0.2) is 261 Å². The molecule has 12 amide bonds. The number of likely N-dealkylation sites (N-methyl/N-ethyl adjacent to an activating group) is 6. The topological polar surface area (TPSA) is 270 Å². The Labute approximate surface area is 633 Å². The Bertz CT molecular complexity index is 3070. The number of hydrogen-bond acceptors (Lipinski definition) is 12. The zero-order chi connectivity index (χ0) is 78.4. The molecule has 4 aliphatic heterocycles. The van der Waals surface area contributed by atoms with Crippen LogP contribution in [-0.2, 0) is 57.5 Å². The average Bonchev–Trinajstić information content (AvgIpc) is 1.51. The van der Waals surface area contributed by atoms with Gasteiger partial charge in [-0.25, -0.2) is 0 Å². The van der Waals surface area contributed by atoms with E-state index >= 15 is 52.7 Å². The van der Waals surface area contributed by atoms with Crippen LogP contribution in [0.4, 0.5) is 13.2 Å². The van der Waals surface area contributed by atoms with Gasteiger partial charge in [0.2, 0.25) is 70.9 Å². The molecule has 0 aromatic carbocycles. The van der Waals surface area contributed by atoms with Gasteiger partial charge in [0, 0.05) is 73.8 Å². The van der Waals surface area contributed by atoms with Gasteiger partial charge in [-0.3, -0.25) is 57.5 Å². The highest BCUT2D eigenvalue weighted by Gasteiger charge is 2.53. The third kappa shape index (κ3) is 21.6. The van der Waals surface area contributed by atoms with Crippen molar-refractivity contribution >= 4 is 82.5 Å². The van der Waals surface area contributed by atoms with Crippen molar-refractivity contribution in [2.24, 2.45) is 41.4 Å². The second-order valence-electron chi connectivity index (χ2n) is 33.6. The predicted octanol–water partition coefficient (Wildman–Crippen LogP) is 8.29. The van der Waals surface area contributed by atoms with Crippen LogP contribution >= 0.6 is 11.6 Å². The van der Waals surface area contributed by atoms with E-state index in [0.717, 1.165) is 51.4 Å². The first-order valence-corrected chi connectivity index (χ1v) is 40.5. The normalized spacial score (nSPS) is 30.0. The van der Waals surface area contributed by atoms with Gasteiger partial charge in [-0.2, -0.15) is 13.2 Å². The highest BCUT2D eigenvalue weighted by atomic mass is 35.5. The maximum absolute atomic E-state index is 15.5. The van der Waals surface area contributed by atoms with Crippen molar-refractivity contribution in [3.63, 3.8) is 0 Å². The van der Waals surface area contributed by atoms with E-state index in [1.165, 1.54) is 81.5 Å². The summed E-state index contributed by atoms with van der Waals surface area (Å²) in [6, 6.07) is -10.8. The number of nitrogens with one attached hydrogen (secondary N) is 3. The van der Waals surface area contributed by atoms with Crippen LogP contribution in [0.1, 0.15) is 235 Å². The zero-order valence-corrected chi connectivity index (χ0v) is 66.8. The molecule has 3 saturated carbocycles. The summed E-state index contributed by atoms with van der Waals surface area (Å²) in [5.41, 5.74) is -1.57. The molecule has 600 valence electrons. The molecule has 0 radical (unpaired) electrons. The number of alkyl halides is 4. The van der Waals surface area contributed by atoms with E-state index in [0.29, 0.717) is 64.0 Å². The second kappa shape index (κ2) is 38.9. The molecule has 3 aliphatic carbocycles. The van der Waals surface area contributed by atoms with E-state index < -0.39 is 173 Å². The molecule has 0 aromatic heterocycles. The Kier molecular flexibility index (Phi) is 31.9. The summed E-state index contributed by atoms with van der Waals surface area (Å²) in [5.74, 6) is -10.2. The molecule has 7 rings (SSSR count). The lowest BCUT2D eigenvalue weighted by Crippen LogP contribution is -2.65. The highest BCUT2D eigenvalue weighted by Crippen LogP contribution is 2.44. The molecular weight excluding hydrogens is 1390 g/mol. The number of piperidine rings is 1. The van der Waals surface area contributed by atoms with Crippen LogP contribution in [0.3, 0.4) is 0 Å². The smallest absolute Gasteiger partial charge is 0.343 e. The summed E-state index contributed by atoms with van der Waals surface area (Å²) in [4.78, 5) is 195. The average molecular weight is 1520 g/mol. The minimum atomic E-state index is -4.51. The number of rotatable bonds is 16. The summed E-state index contributed by atoms with van der Waals surface area (Å²) in [5, 5.41) is 7.73. The summed E-state index contributed by atoms with van der Waals surface area (Å²) in [6.07, 6.45) is 6.95. The summed E-state index contributed by atoms with van der Waals surface area (Å²) in [7, 11) is 8.84. The molecular formula is C78H128ClF3N12O12. The van der Waals surface area contributed by atoms with Gasteiger partial charge in [-0.15, -0.1) is 11.6 Å². The lowest BCUT2D eigenvalue weighted by Gasteiger charge is -2.46. The number of likely N-dealkylation sites (tertiary alicyclic amines) is 1. The third-order valence-electron chi connectivity index (χ3n) is 24.6. The lowest BCUT2D eigenvalue weighted by molar-refractivity contribution is -0.182. The number of nitrogens with zero attached hydrogens (tertiary/aromatic N) is 9. The molecule has 106 heavy (non-hydrogen) atoms. The SMILES string of the molecule is CCC(C)[C@@H]1NC(=O)[C@H](CC(C)C)N(C)C(=O)C[C@@H](C(=O)N2CCCCC2)N(C)C(=O)[C@H](C(C)C)N(C)C(=O)C2(CCCC2)NC(=O)[C@@H]2CCCN2C(=O)[C@H](CCC2CCC(C(F)(F)F)C(Cl)C2)NC(=O)CN(C)C(=O)[C@H](CC2CCCCC2)N(C)C(=O)[C@@H]2CCN2C(=O)[C@H](CCCCC(C)C)N(C)C1=O. The third-order valence-corrected chi connectivity index (χ3v) is 25.1. The lowest BCUT2D eigenvalue weighted by atomic mass is 9.78. The molecule has 1 spiro atoms. The fraction of sp³-hybridized carbons (Fsp3) is 0.846. The summed E-state index contributed by atoms with van der Waals surface area (Å²) < 4.78 is 42.2. The van der Waals surface area contributed by atoms with Crippen LogP contribution in [0.2, 0.25) is 0 Å². The Morgan fingerprint density at radius 3 is 1.78 bits per heavy atom. The van der Waals surface area contributed by atoms with E-state index in [4.69, 9.17) is 11.6 Å².